The molecule has 2 fully saturated rings. The van der Waals surface area contributed by atoms with Crippen LogP contribution in [0.4, 0.5) is 0 Å². The maximum absolute atomic E-state index is 3.69. The summed E-state index contributed by atoms with van der Waals surface area (Å²) in [5.41, 5.74) is 0. The summed E-state index contributed by atoms with van der Waals surface area (Å²) in [5.74, 6) is 1.29. The van der Waals surface area contributed by atoms with Crippen LogP contribution in [-0.2, 0) is 0 Å². The largest absolute Gasteiger partial charge is 0.317 e. The zero-order valence-corrected chi connectivity index (χ0v) is 7.84. The van der Waals surface area contributed by atoms with E-state index in [1.165, 1.54) is 31.7 Å². The van der Waals surface area contributed by atoms with Crippen molar-refractivity contribution in [1.29, 1.82) is 0 Å². The third-order valence-electron chi connectivity index (χ3n) is 2.53. The van der Waals surface area contributed by atoms with Crippen LogP contribution < -0.4 is 10.6 Å². The monoisotopic (exact) mass is 172 g/mol. The molecule has 0 aliphatic carbocycles. The standard InChI is InChI=1S/C8H16N2S/c1-7-6-11-8(10-7)2-4-9-5-3-8/h7,9-10H,2-6H2,1H3. The molecule has 0 aromatic carbocycles. The van der Waals surface area contributed by atoms with E-state index < -0.39 is 0 Å². The van der Waals surface area contributed by atoms with Crippen molar-refractivity contribution in [2.24, 2.45) is 0 Å². The summed E-state index contributed by atoms with van der Waals surface area (Å²) < 4.78 is 0. The van der Waals surface area contributed by atoms with Gasteiger partial charge in [0.25, 0.3) is 0 Å². The minimum atomic E-state index is 0.449. The van der Waals surface area contributed by atoms with Crippen molar-refractivity contribution in [3.8, 4) is 0 Å². The van der Waals surface area contributed by atoms with Crippen molar-refractivity contribution in [2.45, 2.75) is 30.7 Å². The van der Waals surface area contributed by atoms with E-state index in [1.807, 2.05) is 0 Å². The van der Waals surface area contributed by atoms with E-state index in [4.69, 9.17) is 0 Å². The molecule has 64 valence electrons. The van der Waals surface area contributed by atoms with E-state index in [-0.39, 0.29) is 0 Å². The Balaban J connectivity index is 1.98. The van der Waals surface area contributed by atoms with Gasteiger partial charge in [-0.3, -0.25) is 5.32 Å². The van der Waals surface area contributed by atoms with Crippen LogP contribution in [-0.4, -0.2) is 29.8 Å². The van der Waals surface area contributed by atoms with Crippen molar-refractivity contribution >= 4 is 11.8 Å². The number of rotatable bonds is 0. The summed E-state index contributed by atoms with van der Waals surface area (Å²) in [4.78, 5) is 0.449. The number of hydrogen-bond acceptors (Lipinski definition) is 3. The zero-order chi connectivity index (χ0) is 7.73. The van der Waals surface area contributed by atoms with Gasteiger partial charge >= 0.3 is 0 Å². The molecule has 0 radical (unpaired) electrons. The molecule has 1 spiro atoms. The summed E-state index contributed by atoms with van der Waals surface area (Å²) in [7, 11) is 0. The molecule has 2 heterocycles. The highest BCUT2D eigenvalue weighted by Crippen LogP contribution is 2.37. The van der Waals surface area contributed by atoms with Gasteiger partial charge in [0.1, 0.15) is 0 Å². The summed E-state index contributed by atoms with van der Waals surface area (Å²) >= 11 is 2.12. The lowest BCUT2D eigenvalue weighted by Gasteiger charge is -2.33. The topological polar surface area (TPSA) is 24.1 Å². The zero-order valence-electron chi connectivity index (χ0n) is 7.02. The Bertz CT molecular complexity index is 138. The first-order valence-electron chi connectivity index (χ1n) is 4.43. The fourth-order valence-corrected chi connectivity index (χ4v) is 3.37. The van der Waals surface area contributed by atoms with Crippen LogP contribution >= 0.6 is 11.8 Å². The molecule has 2 aliphatic heterocycles. The van der Waals surface area contributed by atoms with E-state index in [0.29, 0.717) is 4.87 Å². The predicted molar refractivity (Wildman–Crippen MR) is 49.9 cm³/mol. The van der Waals surface area contributed by atoms with Gasteiger partial charge in [-0.2, -0.15) is 0 Å². The molecule has 0 amide bonds. The highest BCUT2D eigenvalue weighted by molar-refractivity contribution is 8.00. The lowest BCUT2D eigenvalue weighted by molar-refractivity contribution is 0.348. The minimum absolute atomic E-state index is 0.449. The molecule has 3 heteroatoms. The molecule has 0 aromatic rings. The van der Waals surface area contributed by atoms with Gasteiger partial charge in [-0.15, -0.1) is 11.8 Å². The molecule has 11 heavy (non-hydrogen) atoms. The Morgan fingerprint density at radius 2 is 2.09 bits per heavy atom. The van der Waals surface area contributed by atoms with Gasteiger partial charge < -0.3 is 5.32 Å². The van der Waals surface area contributed by atoms with Gasteiger partial charge in [0, 0.05) is 11.8 Å². The summed E-state index contributed by atoms with van der Waals surface area (Å²) in [6.45, 7) is 4.66. The number of hydrogen-bond donors (Lipinski definition) is 2. The second-order valence-electron chi connectivity index (χ2n) is 3.60. The van der Waals surface area contributed by atoms with Crippen LogP contribution in [0.3, 0.4) is 0 Å². The first kappa shape index (κ1) is 7.90. The molecule has 2 aliphatic rings. The Labute approximate surface area is 72.5 Å². The number of nitrogens with one attached hydrogen (secondary N) is 2. The molecule has 0 saturated carbocycles. The second-order valence-corrected chi connectivity index (χ2v) is 5.00. The third kappa shape index (κ3) is 1.55. The van der Waals surface area contributed by atoms with Crippen molar-refractivity contribution in [1.82, 2.24) is 10.6 Å². The van der Waals surface area contributed by atoms with Crippen molar-refractivity contribution in [3.05, 3.63) is 0 Å². The lowest BCUT2D eigenvalue weighted by Crippen LogP contribution is -2.48. The smallest absolute Gasteiger partial charge is 0.0672 e. The van der Waals surface area contributed by atoms with Crippen LogP contribution in [0.1, 0.15) is 19.8 Å². The third-order valence-corrected chi connectivity index (χ3v) is 4.28. The van der Waals surface area contributed by atoms with Gasteiger partial charge in [-0.1, -0.05) is 0 Å². The quantitative estimate of drug-likeness (QED) is 0.565. The Hall–Kier alpha value is 0.270. The van der Waals surface area contributed by atoms with Gasteiger partial charge in [0.05, 0.1) is 4.87 Å². The first-order chi connectivity index (χ1) is 5.31. The molecular formula is C8H16N2S. The summed E-state index contributed by atoms with van der Waals surface area (Å²) in [6.07, 6.45) is 2.59. The minimum Gasteiger partial charge on any atom is -0.317 e. The van der Waals surface area contributed by atoms with Crippen LogP contribution in [0, 0.1) is 0 Å². The van der Waals surface area contributed by atoms with Gasteiger partial charge in [0.2, 0.25) is 0 Å². The van der Waals surface area contributed by atoms with Gasteiger partial charge in [-0.05, 0) is 32.9 Å². The average Bonchev–Trinajstić information content (AvgIpc) is 2.34. The second kappa shape index (κ2) is 2.96. The molecule has 1 unspecified atom stereocenters. The Kier molecular flexibility index (Phi) is 2.12. The maximum atomic E-state index is 3.69. The van der Waals surface area contributed by atoms with Crippen molar-refractivity contribution < 1.29 is 0 Å². The van der Waals surface area contributed by atoms with Gasteiger partial charge in [0.15, 0.2) is 0 Å². The maximum Gasteiger partial charge on any atom is 0.0672 e. The molecular weight excluding hydrogens is 156 g/mol. The molecule has 1 atom stereocenters. The van der Waals surface area contributed by atoms with Gasteiger partial charge in [-0.25, -0.2) is 0 Å². The average molecular weight is 172 g/mol. The highest BCUT2D eigenvalue weighted by Gasteiger charge is 2.38. The van der Waals surface area contributed by atoms with E-state index in [9.17, 15) is 0 Å². The molecule has 0 bridgehead atoms. The molecule has 2 nitrogen and oxygen atoms in total. The van der Waals surface area contributed by atoms with Crippen LogP contribution in [0.25, 0.3) is 0 Å². The fourth-order valence-electron chi connectivity index (χ4n) is 1.94. The normalized spacial score (nSPS) is 36.3. The number of piperidine rings is 1. The summed E-state index contributed by atoms with van der Waals surface area (Å²) in [5, 5.41) is 7.09. The van der Waals surface area contributed by atoms with E-state index in [1.54, 1.807) is 0 Å². The van der Waals surface area contributed by atoms with Crippen LogP contribution in [0.2, 0.25) is 0 Å². The highest BCUT2D eigenvalue weighted by atomic mass is 32.2. The first-order valence-corrected chi connectivity index (χ1v) is 5.42. The van der Waals surface area contributed by atoms with E-state index >= 15 is 0 Å². The van der Waals surface area contributed by atoms with Crippen LogP contribution in [0.15, 0.2) is 0 Å². The summed E-state index contributed by atoms with van der Waals surface area (Å²) in [6, 6.07) is 0.720. The molecule has 0 aromatic heterocycles. The molecule has 2 saturated heterocycles. The van der Waals surface area contributed by atoms with E-state index in [0.717, 1.165) is 6.04 Å². The Morgan fingerprint density at radius 3 is 2.64 bits per heavy atom. The Morgan fingerprint density at radius 1 is 1.36 bits per heavy atom. The molecule has 2 N–H and O–H groups in total. The lowest BCUT2D eigenvalue weighted by atomic mass is 10.1. The van der Waals surface area contributed by atoms with Crippen LogP contribution in [0.5, 0.6) is 0 Å². The van der Waals surface area contributed by atoms with Crippen molar-refractivity contribution in [3.63, 3.8) is 0 Å². The molecule has 2 rings (SSSR count). The van der Waals surface area contributed by atoms with E-state index in [2.05, 4.69) is 29.3 Å². The SMILES string of the molecule is CC1CSC2(CCNCC2)N1. The predicted octanol–water partition coefficient (Wildman–Crippen LogP) is 0.791. The number of thioether (sulfide) groups is 1. The fraction of sp³-hybridized carbons (Fsp3) is 1.00. The van der Waals surface area contributed by atoms with Crippen molar-refractivity contribution in [2.75, 3.05) is 18.8 Å².